The second kappa shape index (κ2) is 6.18. The molecule has 2 N–H and O–H groups in total. The molecule has 4 heteroatoms. The minimum Gasteiger partial charge on any atom is -0.324 e. The summed E-state index contributed by atoms with van der Waals surface area (Å²) < 4.78 is 0. The average molecular weight is 243 g/mol. The number of nitriles is 1. The normalized spacial score (nSPS) is 15.3. The molecule has 0 saturated heterocycles. The highest BCUT2D eigenvalue weighted by Gasteiger charge is 2.15. The second-order valence-corrected chi connectivity index (χ2v) is 4.57. The molecule has 1 aliphatic rings. The summed E-state index contributed by atoms with van der Waals surface area (Å²) in [5.41, 5.74) is 1.07. The Morgan fingerprint density at radius 1 is 1.33 bits per heavy atom. The number of carbonyl (C=O) groups excluding carboxylic acids is 1. The molecule has 1 fully saturated rings. The number of anilines is 1. The molecule has 18 heavy (non-hydrogen) atoms. The van der Waals surface area contributed by atoms with Crippen LogP contribution < -0.4 is 10.6 Å². The molecule has 94 valence electrons. The van der Waals surface area contributed by atoms with E-state index >= 15 is 0 Å². The van der Waals surface area contributed by atoms with Crippen molar-refractivity contribution in [3.8, 4) is 6.07 Å². The average Bonchev–Trinajstić information content (AvgIpc) is 2.90. The van der Waals surface area contributed by atoms with Crippen molar-refractivity contribution in [1.82, 2.24) is 5.32 Å². The maximum Gasteiger partial charge on any atom is 0.238 e. The van der Waals surface area contributed by atoms with Crippen LogP contribution >= 0.6 is 0 Å². The van der Waals surface area contributed by atoms with E-state index in [1.54, 1.807) is 24.3 Å². The van der Waals surface area contributed by atoms with Crippen LogP contribution in [-0.2, 0) is 4.79 Å². The molecule has 1 aliphatic carbocycles. The summed E-state index contributed by atoms with van der Waals surface area (Å²) >= 11 is 0. The van der Waals surface area contributed by atoms with Crippen LogP contribution in [0, 0.1) is 11.3 Å². The molecular weight excluding hydrogens is 226 g/mol. The third-order valence-electron chi connectivity index (χ3n) is 3.23. The maximum absolute atomic E-state index is 11.8. The van der Waals surface area contributed by atoms with Crippen molar-refractivity contribution in [2.45, 2.75) is 31.7 Å². The molecule has 1 aromatic carbocycles. The van der Waals surface area contributed by atoms with E-state index in [0.717, 1.165) is 12.8 Å². The standard InChI is InChI=1S/C14H17N3O/c15-9-11-5-1-4-8-13(11)17-14(18)10-16-12-6-2-3-7-12/h1,4-5,8,12,16H,2-3,6-7,10H2,(H,17,18). The van der Waals surface area contributed by atoms with Crippen LogP contribution in [0.5, 0.6) is 0 Å². The number of benzene rings is 1. The Labute approximate surface area is 107 Å². The molecule has 0 aliphatic heterocycles. The van der Waals surface area contributed by atoms with Crippen molar-refractivity contribution in [3.05, 3.63) is 29.8 Å². The fourth-order valence-electron chi connectivity index (χ4n) is 2.25. The predicted molar refractivity (Wildman–Crippen MR) is 70.0 cm³/mol. The summed E-state index contributed by atoms with van der Waals surface area (Å²) in [7, 11) is 0. The van der Waals surface area contributed by atoms with E-state index in [4.69, 9.17) is 5.26 Å². The van der Waals surface area contributed by atoms with E-state index in [2.05, 4.69) is 16.7 Å². The number of hydrogen-bond donors (Lipinski definition) is 2. The Morgan fingerprint density at radius 2 is 2.06 bits per heavy atom. The van der Waals surface area contributed by atoms with Gasteiger partial charge in [0.1, 0.15) is 6.07 Å². The van der Waals surface area contributed by atoms with Gasteiger partial charge in [-0.2, -0.15) is 5.26 Å². The van der Waals surface area contributed by atoms with Gasteiger partial charge in [-0.3, -0.25) is 4.79 Å². The summed E-state index contributed by atoms with van der Waals surface area (Å²) in [6.07, 6.45) is 4.80. The van der Waals surface area contributed by atoms with Crippen LogP contribution in [0.2, 0.25) is 0 Å². The maximum atomic E-state index is 11.8. The molecule has 0 aromatic heterocycles. The van der Waals surface area contributed by atoms with E-state index in [-0.39, 0.29) is 5.91 Å². The van der Waals surface area contributed by atoms with Gasteiger partial charge in [0.25, 0.3) is 0 Å². The molecule has 1 amide bonds. The lowest BCUT2D eigenvalue weighted by Gasteiger charge is -2.12. The Hall–Kier alpha value is -1.86. The summed E-state index contributed by atoms with van der Waals surface area (Å²) in [5.74, 6) is -0.0930. The van der Waals surface area contributed by atoms with Gasteiger partial charge in [0.15, 0.2) is 0 Å². The van der Waals surface area contributed by atoms with Crippen LogP contribution in [0.3, 0.4) is 0 Å². The van der Waals surface area contributed by atoms with Crippen LogP contribution in [0.25, 0.3) is 0 Å². The Bertz CT molecular complexity index is 458. The lowest BCUT2D eigenvalue weighted by molar-refractivity contribution is -0.115. The molecule has 0 atom stereocenters. The third kappa shape index (κ3) is 3.31. The van der Waals surface area contributed by atoms with Gasteiger partial charge in [-0.1, -0.05) is 25.0 Å². The first-order chi connectivity index (χ1) is 8.79. The molecule has 0 radical (unpaired) electrons. The second-order valence-electron chi connectivity index (χ2n) is 4.57. The lowest BCUT2D eigenvalue weighted by Crippen LogP contribution is -2.34. The summed E-state index contributed by atoms with van der Waals surface area (Å²) in [6, 6.07) is 9.56. The largest absolute Gasteiger partial charge is 0.324 e. The predicted octanol–water partition coefficient (Wildman–Crippen LogP) is 2.03. The number of hydrogen-bond acceptors (Lipinski definition) is 3. The van der Waals surface area contributed by atoms with Gasteiger partial charge in [0.2, 0.25) is 5.91 Å². The number of carbonyl (C=O) groups is 1. The van der Waals surface area contributed by atoms with E-state index in [9.17, 15) is 4.79 Å². The number of nitrogens with zero attached hydrogens (tertiary/aromatic N) is 1. The topological polar surface area (TPSA) is 64.9 Å². The number of para-hydroxylation sites is 1. The fraction of sp³-hybridized carbons (Fsp3) is 0.429. The lowest BCUT2D eigenvalue weighted by atomic mass is 10.2. The van der Waals surface area contributed by atoms with Gasteiger partial charge in [0.05, 0.1) is 17.8 Å². The number of rotatable bonds is 4. The van der Waals surface area contributed by atoms with Gasteiger partial charge in [0, 0.05) is 6.04 Å². The molecule has 0 spiro atoms. The van der Waals surface area contributed by atoms with Gasteiger partial charge < -0.3 is 10.6 Å². The van der Waals surface area contributed by atoms with Crippen molar-refractivity contribution < 1.29 is 4.79 Å². The van der Waals surface area contributed by atoms with Crippen molar-refractivity contribution in [2.24, 2.45) is 0 Å². The van der Waals surface area contributed by atoms with Crippen LogP contribution in [0.1, 0.15) is 31.2 Å². The van der Waals surface area contributed by atoms with Crippen molar-refractivity contribution in [2.75, 3.05) is 11.9 Å². The van der Waals surface area contributed by atoms with Crippen LogP contribution in [0.15, 0.2) is 24.3 Å². The number of amides is 1. The summed E-state index contributed by atoms with van der Waals surface area (Å²) in [5, 5.41) is 14.9. The smallest absolute Gasteiger partial charge is 0.238 e. The Kier molecular flexibility index (Phi) is 4.32. The fourth-order valence-corrected chi connectivity index (χ4v) is 2.25. The zero-order valence-corrected chi connectivity index (χ0v) is 10.3. The SMILES string of the molecule is N#Cc1ccccc1NC(=O)CNC1CCCC1. The zero-order chi connectivity index (χ0) is 12.8. The van der Waals surface area contributed by atoms with E-state index < -0.39 is 0 Å². The molecular formula is C14H17N3O. The van der Waals surface area contributed by atoms with Gasteiger partial charge in [-0.15, -0.1) is 0 Å². The van der Waals surface area contributed by atoms with Gasteiger partial charge >= 0.3 is 0 Å². The van der Waals surface area contributed by atoms with Crippen molar-refractivity contribution >= 4 is 11.6 Å². The quantitative estimate of drug-likeness (QED) is 0.850. The molecule has 0 unspecified atom stereocenters. The Morgan fingerprint density at radius 3 is 2.78 bits per heavy atom. The van der Waals surface area contributed by atoms with Crippen molar-refractivity contribution in [1.29, 1.82) is 5.26 Å². The minimum atomic E-state index is -0.0930. The highest BCUT2D eigenvalue weighted by molar-refractivity contribution is 5.93. The monoisotopic (exact) mass is 243 g/mol. The van der Waals surface area contributed by atoms with Gasteiger partial charge in [-0.05, 0) is 25.0 Å². The van der Waals surface area contributed by atoms with Crippen LogP contribution in [-0.4, -0.2) is 18.5 Å². The molecule has 1 aromatic rings. The van der Waals surface area contributed by atoms with Crippen LogP contribution in [0.4, 0.5) is 5.69 Å². The number of nitrogens with one attached hydrogen (secondary N) is 2. The highest BCUT2D eigenvalue weighted by atomic mass is 16.1. The van der Waals surface area contributed by atoms with E-state index in [1.165, 1.54) is 12.8 Å². The molecule has 2 rings (SSSR count). The summed E-state index contributed by atoms with van der Waals surface area (Å²) in [4.78, 5) is 11.8. The third-order valence-corrected chi connectivity index (χ3v) is 3.23. The van der Waals surface area contributed by atoms with Crippen molar-refractivity contribution in [3.63, 3.8) is 0 Å². The van der Waals surface area contributed by atoms with E-state index in [1.807, 2.05) is 0 Å². The molecule has 0 bridgehead atoms. The van der Waals surface area contributed by atoms with Gasteiger partial charge in [-0.25, -0.2) is 0 Å². The minimum absolute atomic E-state index is 0.0930. The summed E-state index contributed by atoms with van der Waals surface area (Å²) in [6.45, 7) is 0.310. The first kappa shape index (κ1) is 12.6. The van der Waals surface area contributed by atoms with E-state index in [0.29, 0.717) is 23.8 Å². The molecule has 4 nitrogen and oxygen atoms in total. The molecule has 1 saturated carbocycles. The zero-order valence-electron chi connectivity index (χ0n) is 10.3. The first-order valence-electron chi connectivity index (χ1n) is 6.32. The highest BCUT2D eigenvalue weighted by Crippen LogP contribution is 2.17. The first-order valence-corrected chi connectivity index (χ1v) is 6.32. The Balaban J connectivity index is 1.85. The molecule has 0 heterocycles.